The summed E-state index contributed by atoms with van der Waals surface area (Å²) in [5.74, 6) is -0.282. The highest BCUT2D eigenvalue weighted by Crippen LogP contribution is 2.44. The van der Waals surface area contributed by atoms with Gasteiger partial charge in [-0.2, -0.15) is 0 Å². The second-order valence-electron chi connectivity index (χ2n) is 7.57. The van der Waals surface area contributed by atoms with Gasteiger partial charge in [0.15, 0.2) is 0 Å². The van der Waals surface area contributed by atoms with E-state index in [1.165, 1.54) is 28.3 Å². The SMILES string of the molecule is Cc1cc(F)c(C=CCCNC(=O)OCC2c3ccccc3-c3ccccc32)cc1Cl. The zero-order valence-corrected chi connectivity index (χ0v) is 18.0. The van der Waals surface area contributed by atoms with E-state index in [4.69, 9.17) is 16.3 Å². The van der Waals surface area contributed by atoms with Gasteiger partial charge in [0.2, 0.25) is 0 Å². The van der Waals surface area contributed by atoms with Crippen molar-refractivity contribution in [2.45, 2.75) is 19.3 Å². The van der Waals surface area contributed by atoms with E-state index < -0.39 is 6.09 Å². The molecule has 0 atom stereocenters. The number of amides is 1. The van der Waals surface area contributed by atoms with Crippen molar-refractivity contribution >= 4 is 23.8 Å². The van der Waals surface area contributed by atoms with Crippen molar-refractivity contribution in [1.82, 2.24) is 5.32 Å². The molecule has 0 unspecified atom stereocenters. The van der Waals surface area contributed by atoms with E-state index >= 15 is 0 Å². The second kappa shape index (κ2) is 9.36. The molecule has 0 spiro atoms. The average molecular weight is 436 g/mol. The molecule has 158 valence electrons. The van der Waals surface area contributed by atoms with Crippen LogP contribution in [0.15, 0.2) is 66.7 Å². The Morgan fingerprint density at radius 2 is 1.74 bits per heavy atom. The van der Waals surface area contributed by atoms with Crippen LogP contribution in [0.2, 0.25) is 5.02 Å². The maximum Gasteiger partial charge on any atom is 0.407 e. The summed E-state index contributed by atoms with van der Waals surface area (Å²) in [6, 6.07) is 19.5. The van der Waals surface area contributed by atoms with Gasteiger partial charge in [0.05, 0.1) is 0 Å². The molecule has 0 aromatic heterocycles. The minimum Gasteiger partial charge on any atom is -0.449 e. The molecule has 0 aliphatic heterocycles. The zero-order valence-electron chi connectivity index (χ0n) is 17.2. The molecule has 1 aliphatic carbocycles. The Kier molecular flexibility index (Phi) is 6.38. The Morgan fingerprint density at radius 1 is 1.10 bits per heavy atom. The van der Waals surface area contributed by atoms with Gasteiger partial charge in [-0.1, -0.05) is 72.3 Å². The van der Waals surface area contributed by atoms with Gasteiger partial charge in [0, 0.05) is 23.0 Å². The number of hydrogen-bond acceptors (Lipinski definition) is 2. The molecule has 0 radical (unpaired) electrons. The van der Waals surface area contributed by atoms with Crippen LogP contribution in [-0.2, 0) is 4.74 Å². The summed E-state index contributed by atoms with van der Waals surface area (Å²) in [6.07, 6.45) is 3.56. The molecule has 1 aliphatic rings. The van der Waals surface area contributed by atoms with Crippen molar-refractivity contribution in [3.63, 3.8) is 0 Å². The fourth-order valence-corrected chi connectivity index (χ4v) is 4.08. The number of aryl methyl sites for hydroxylation is 1. The predicted molar refractivity (Wildman–Crippen MR) is 123 cm³/mol. The molecule has 0 bridgehead atoms. The first-order valence-electron chi connectivity index (χ1n) is 10.3. The standard InChI is InChI=1S/C26H23ClFNO2/c1-17-14-25(28)18(15-24(17)27)8-6-7-13-29-26(30)31-16-23-21-11-4-2-9-19(21)20-10-3-5-12-22(20)23/h2-6,8-12,14-15,23H,7,13,16H2,1H3,(H,29,30). The lowest BCUT2D eigenvalue weighted by atomic mass is 9.98. The smallest absolute Gasteiger partial charge is 0.407 e. The minimum absolute atomic E-state index is 0.0345. The maximum atomic E-state index is 13.9. The molecule has 0 saturated heterocycles. The molecule has 5 heteroatoms. The highest BCUT2D eigenvalue weighted by atomic mass is 35.5. The number of benzene rings is 3. The van der Waals surface area contributed by atoms with Gasteiger partial charge < -0.3 is 10.1 Å². The van der Waals surface area contributed by atoms with Crippen molar-refractivity contribution in [3.8, 4) is 11.1 Å². The Bertz CT molecular complexity index is 1100. The number of nitrogens with one attached hydrogen (secondary N) is 1. The number of halogens is 2. The third kappa shape index (κ3) is 4.64. The molecule has 3 nitrogen and oxygen atoms in total. The fraction of sp³-hybridized carbons (Fsp3) is 0.192. The van der Waals surface area contributed by atoms with Crippen LogP contribution in [0.5, 0.6) is 0 Å². The van der Waals surface area contributed by atoms with Crippen LogP contribution in [0.3, 0.4) is 0 Å². The first-order valence-corrected chi connectivity index (χ1v) is 10.6. The van der Waals surface area contributed by atoms with Gasteiger partial charge in [-0.3, -0.25) is 0 Å². The topological polar surface area (TPSA) is 38.3 Å². The monoisotopic (exact) mass is 435 g/mol. The second-order valence-corrected chi connectivity index (χ2v) is 7.97. The van der Waals surface area contributed by atoms with Crippen LogP contribution in [0.4, 0.5) is 9.18 Å². The van der Waals surface area contributed by atoms with Crippen LogP contribution in [0.25, 0.3) is 17.2 Å². The van der Waals surface area contributed by atoms with Gasteiger partial charge >= 0.3 is 6.09 Å². The van der Waals surface area contributed by atoms with E-state index in [9.17, 15) is 9.18 Å². The highest BCUT2D eigenvalue weighted by Gasteiger charge is 2.28. The van der Waals surface area contributed by atoms with Crippen molar-refractivity contribution in [1.29, 1.82) is 0 Å². The Balaban J connectivity index is 1.28. The molecule has 0 heterocycles. The van der Waals surface area contributed by atoms with Crippen LogP contribution in [-0.4, -0.2) is 19.2 Å². The first-order chi connectivity index (χ1) is 15.0. The van der Waals surface area contributed by atoms with E-state index in [1.807, 2.05) is 24.3 Å². The lowest BCUT2D eigenvalue weighted by Gasteiger charge is -2.14. The highest BCUT2D eigenvalue weighted by molar-refractivity contribution is 6.31. The first kappa shape index (κ1) is 21.1. The maximum absolute atomic E-state index is 13.9. The van der Waals surface area contributed by atoms with Crippen LogP contribution < -0.4 is 5.32 Å². The van der Waals surface area contributed by atoms with Gasteiger partial charge in [-0.05, 0) is 53.3 Å². The molecule has 4 rings (SSSR count). The number of carbonyl (C=O) groups excluding carboxylic acids is 1. The quantitative estimate of drug-likeness (QED) is 0.436. The van der Waals surface area contributed by atoms with E-state index in [0.29, 0.717) is 29.1 Å². The van der Waals surface area contributed by atoms with Gasteiger partial charge in [0.1, 0.15) is 12.4 Å². The summed E-state index contributed by atoms with van der Waals surface area (Å²) < 4.78 is 19.4. The molecular weight excluding hydrogens is 413 g/mol. The minimum atomic E-state index is -0.458. The Hall–Kier alpha value is -3.11. The summed E-state index contributed by atoms with van der Waals surface area (Å²) >= 11 is 6.05. The zero-order chi connectivity index (χ0) is 21.8. The number of rotatable bonds is 6. The number of ether oxygens (including phenoxy) is 1. The molecule has 0 saturated carbocycles. The van der Waals surface area contributed by atoms with Crippen LogP contribution in [0.1, 0.15) is 34.6 Å². The number of carbonyl (C=O) groups is 1. The van der Waals surface area contributed by atoms with Crippen molar-refractivity contribution in [2.24, 2.45) is 0 Å². The largest absolute Gasteiger partial charge is 0.449 e. The molecule has 1 amide bonds. The predicted octanol–water partition coefficient (Wildman–Crippen LogP) is 6.73. The molecule has 0 fully saturated rings. The summed E-state index contributed by atoms with van der Waals surface area (Å²) in [4.78, 5) is 12.2. The lowest BCUT2D eigenvalue weighted by Crippen LogP contribution is -2.26. The van der Waals surface area contributed by atoms with Crippen molar-refractivity contribution in [3.05, 3.63) is 99.8 Å². The molecular formula is C26H23ClFNO2. The van der Waals surface area contributed by atoms with E-state index in [1.54, 1.807) is 25.1 Å². The number of hydrogen-bond donors (Lipinski definition) is 1. The summed E-state index contributed by atoms with van der Waals surface area (Å²) in [7, 11) is 0. The van der Waals surface area contributed by atoms with E-state index in [0.717, 1.165) is 0 Å². The third-order valence-corrected chi connectivity index (χ3v) is 5.91. The van der Waals surface area contributed by atoms with Gasteiger partial charge in [0.25, 0.3) is 0 Å². The molecule has 1 N–H and O–H groups in total. The molecule has 3 aromatic carbocycles. The van der Waals surface area contributed by atoms with Gasteiger partial charge in [-0.15, -0.1) is 0 Å². The van der Waals surface area contributed by atoms with Crippen molar-refractivity contribution in [2.75, 3.05) is 13.2 Å². The number of alkyl carbamates (subject to hydrolysis) is 1. The third-order valence-electron chi connectivity index (χ3n) is 5.50. The summed E-state index contributed by atoms with van der Waals surface area (Å²) in [6.45, 7) is 2.44. The molecule has 31 heavy (non-hydrogen) atoms. The summed E-state index contributed by atoms with van der Waals surface area (Å²) in [5, 5.41) is 3.27. The Morgan fingerprint density at radius 3 is 2.42 bits per heavy atom. The Labute approximate surface area is 186 Å². The number of fused-ring (bicyclic) bond motifs is 3. The summed E-state index contributed by atoms with van der Waals surface area (Å²) in [5.41, 5.74) is 5.88. The average Bonchev–Trinajstić information content (AvgIpc) is 3.09. The van der Waals surface area contributed by atoms with Crippen LogP contribution in [0, 0.1) is 12.7 Å². The van der Waals surface area contributed by atoms with E-state index in [-0.39, 0.29) is 18.3 Å². The fourth-order valence-electron chi connectivity index (χ4n) is 3.91. The van der Waals surface area contributed by atoms with E-state index in [2.05, 4.69) is 29.6 Å². The normalized spacial score (nSPS) is 12.6. The van der Waals surface area contributed by atoms with Crippen LogP contribution >= 0.6 is 11.6 Å². The van der Waals surface area contributed by atoms with Gasteiger partial charge in [-0.25, -0.2) is 9.18 Å². The van der Waals surface area contributed by atoms with Crippen molar-refractivity contribution < 1.29 is 13.9 Å². The lowest BCUT2D eigenvalue weighted by molar-refractivity contribution is 0.143. The molecule has 3 aromatic rings.